The third kappa shape index (κ3) is 3.76. The second kappa shape index (κ2) is 7.00. The lowest BCUT2D eigenvalue weighted by molar-refractivity contribution is -0.115. The molecule has 0 unspecified atom stereocenters. The van der Waals surface area contributed by atoms with Crippen LogP contribution in [0.3, 0.4) is 0 Å². The third-order valence-electron chi connectivity index (χ3n) is 4.76. The van der Waals surface area contributed by atoms with Crippen LogP contribution in [-0.4, -0.2) is 43.9 Å². The van der Waals surface area contributed by atoms with Gasteiger partial charge in [-0.15, -0.1) is 0 Å². The molecule has 0 radical (unpaired) electrons. The molecular formula is C18H23N3O3S. The van der Waals surface area contributed by atoms with Crippen molar-refractivity contribution in [1.82, 2.24) is 4.98 Å². The molecule has 0 bridgehead atoms. The van der Waals surface area contributed by atoms with E-state index in [1.807, 2.05) is 18.2 Å². The van der Waals surface area contributed by atoms with Gasteiger partial charge in [0.05, 0.1) is 5.69 Å². The number of benzene rings is 1. The summed E-state index contributed by atoms with van der Waals surface area (Å²) in [5.41, 5.74) is 1.72. The highest BCUT2D eigenvalue weighted by atomic mass is 32.2. The van der Waals surface area contributed by atoms with Crippen LogP contribution in [0.5, 0.6) is 0 Å². The summed E-state index contributed by atoms with van der Waals surface area (Å²) in [7, 11) is -3.44. The lowest BCUT2D eigenvalue weighted by Gasteiger charge is -2.30. The van der Waals surface area contributed by atoms with Crippen molar-refractivity contribution >= 4 is 37.9 Å². The molecule has 25 heavy (non-hydrogen) atoms. The Labute approximate surface area is 148 Å². The average Bonchev–Trinajstić information content (AvgIpc) is 2.61. The summed E-state index contributed by atoms with van der Waals surface area (Å²) in [6.07, 6.45) is 8.13. The number of rotatable bonds is 4. The Morgan fingerprint density at radius 1 is 1.16 bits per heavy atom. The van der Waals surface area contributed by atoms with Crippen LogP contribution in [0.25, 0.3) is 10.8 Å². The Hall–Kier alpha value is -2.15. The van der Waals surface area contributed by atoms with Crippen molar-refractivity contribution in [3.8, 4) is 0 Å². The van der Waals surface area contributed by atoms with E-state index in [-0.39, 0.29) is 0 Å². The molecule has 3 rings (SSSR count). The van der Waals surface area contributed by atoms with E-state index in [1.165, 1.54) is 26.2 Å². The number of carbonyl (C=O) groups excluding carboxylic acids is 1. The van der Waals surface area contributed by atoms with Crippen LogP contribution in [0.1, 0.15) is 26.2 Å². The molecule has 6 nitrogen and oxygen atoms in total. The summed E-state index contributed by atoms with van der Waals surface area (Å²) in [6.45, 7) is 3.44. The molecule has 1 N–H and O–H groups in total. The maximum atomic E-state index is 12.3. The Balaban J connectivity index is 1.97. The normalized spacial score (nSPS) is 16.6. The van der Waals surface area contributed by atoms with Crippen LogP contribution >= 0.6 is 0 Å². The molecule has 0 aliphatic carbocycles. The summed E-state index contributed by atoms with van der Waals surface area (Å²) in [4.78, 5) is 18.8. The molecule has 1 aliphatic rings. The lowest BCUT2D eigenvalue weighted by atomic mass is 10.1. The molecule has 134 valence electrons. The quantitative estimate of drug-likeness (QED) is 0.905. The van der Waals surface area contributed by atoms with Gasteiger partial charge in [0.2, 0.25) is 5.91 Å². The molecule has 1 aromatic heterocycles. The largest absolute Gasteiger partial charge is 0.371 e. The van der Waals surface area contributed by atoms with Gasteiger partial charge in [-0.05, 0) is 44.4 Å². The van der Waals surface area contributed by atoms with Crippen molar-refractivity contribution in [2.75, 3.05) is 29.6 Å². The zero-order valence-electron chi connectivity index (χ0n) is 14.5. The average molecular weight is 361 g/mol. The van der Waals surface area contributed by atoms with E-state index in [0.717, 1.165) is 35.8 Å². The highest BCUT2D eigenvalue weighted by Gasteiger charge is 2.24. The van der Waals surface area contributed by atoms with Gasteiger partial charge in [0.25, 0.3) is 0 Å². The van der Waals surface area contributed by atoms with Crippen molar-refractivity contribution in [2.24, 2.45) is 0 Å². The SMILES string of the molecule is C[C@H](C(=O)Nc1ccc(N2CCCCC2)c2ccncc12)S(C)(=O)=O. The van der Waals surface area contributed by atoms with Gasteiger partial charge in [-0.25, -0.2) is 8.42 Å². The van der Waals surface area contributed by atoms with E-state index in [2.05, 4.69) is 15.2 Å². The standard InChI is InChI=1S/C18H23N3O3S/c1-13(25(2,23)24)18(22)20-16-6-7-17(21-10-4-3-5-11-21)14-8-9-19-12-15(14)16/h6-9,12-13H,3-5,10-11H2,1-2H3,(H,20,22)/t13-/m1/s1. The molecule has 2 aromatic rings. The molecular weight excluding hydrogens is 338 g/mol. The highest BCUT2D eigenvalue weighted by molar-refractivity contribution is 7.92. The fraction of sp³-hybridized carbons (Fsp3) is 0.444. The Kier molecular flexibility index (Phi) is 4.94. The van der Waals surface area contributed by atoms with E-state index >= 15 is 0 Å². The minimum atomic E-state index is -3.44. The Morgan fingerprint density at radius 3 is 2.56 bits per heavy atom. The zero-order valence-corrected chi connectivity index (χ0v) is 15.3. The number of pyridine rings is 1. The summed E-state index contributed by atoms with van der Waals surface area (Å²) >= 11 is 0. The van der Waals surface area contributed by atoms with Crippen LogP contribution in [0, 0.1) is 0 Å². The molecule has 0 spiro atoms. The van der Waals surface area contributed by atoms with Crippen LogP contribution in [0.15, 0.2) is 30.6 Å². The maximum absolute atomic E-state index is 12.3. The minimum Gasteiger partial charge on any atom is -0.371 e. The number of piperidine rings is 1. The second-order valence-electron chi connectivity index (χ2n) is 6.56. The molecule has 1 fully saturated rings. The molecule has 2 heterocycles. The van der Waals surface area contributed by atoms with Gasteiger partial charge in [-0.3, -0.25) is 9.78 Å². The van der Waals surface area contributed by atoms with Crippen LogP contribution in [0.2, 0.25) is 0 Å². The van der Waals surface area contributed by atoms with Crippen molar-refractivity contribution in [1.29, 1.82) is 0 Å². The first-order valence-electron chi connectivity index (χ1n) is 8.49. The van der Waals surface area contributed by atoms with Crippen LogP contribution < -0.4 is 10.2 Å². The number of sulfone groups is 1. The summed E-state index contributed by atoms with van der Waals surface area (Å²) < 4.78 is 23.2. The first kappa shape index (κ1) is 17.7. The summed E-state index contributed by atoms with van der Waals surface area (Å²) in [5, 5.41) is 3.48. The van der Waals surface area contributed by atoms with Gasteiger partial charge in [0.15, 0.2) is 9.84 Å². The van der Waals surface area contributed by atoms with Gasteiger partial charge in [0.1, 0.15) is 5.25 Å². The van der Waals surface area contributed by atoms with Gasteiger partial charge < -0.3 is 10.2 Å². The second-order valence-corrected chi connectivity index (χ2v) is 8.93. The van der Waals surface area contributed by atoms with E-state index in [0.29, 0.717) is 5.69 Å². The number of carbonyl (C=O) groups is 1. The number of hydrogen-bond acceptors (Lipinski definition) is 5. The predicted molar refractivity (Wildman–Crippen MR) is 101 cm³/mol. The number of amides is 1. The maximum Gasteiger partial charge on any atom is 0.242 e. The van der Waals surface area contributed by atoms with Crippen molar-refractivity contribution < 1.29 is 13.2 Å². The minimum absolute atomic E-state index is 0.529. The topological polar surface area (TPSA) is 79.4 Å². The van der Waals surface area contributed by atoms with Crippen molar-refractivity contribution in [3.63, 3.8) is 0 Å². The van der Waals surface area contributed by atoms with Crippen LogP contribution in [0.4, 0.5) is 11.4 Å². The van der Waals surface area contributed by atoms with Crippen molar-refractivity contribution in [3.05, 3.63) is 30.6 Å². The fourth-order valence-corrected chi connectivity index (χ4v) is 3.57. The molecule has 1 aliphatic heterocycles. The predicted octanol–water partition coefficient (Wildman–Crippen LogP) is 2.60. The highest BCUT2D eigenvalue weighted by Crippen LogP contribution is 2.33. The fourth-order valence-electron chi connectivity index (χ4n) is 3.12. The summed E-state index contributed by atoms with van der Waals surface area (Å²) in [5.74, 6) is -0.529. The van der Waals surface area contributed by atoms with E-state index in [1.54, 1.807) is 12.4 Å². The lowest BCUT2D eigenvalue weighted by Crippen LogP contribution is -2.32. The third-order valence-corrected chi connectivity index (χ3v) is 6.26. The molecule has 1 saturated heterocycles. The number of hydrogen-bond donors (Lipinski definition) is 1. The summed E-state index contributed by atoms with van der Waals surface area (Å²) in [6, 6.07) is 5.77. The number of fused-ring (bicyclic) bond motifs is 1. The van der Waals surface area contributed by atoms with Gasteiger partial charge in [-0.1, -0.05) is 0 Å². The number of nitrogens with one attached hydrogen (secondary N) is 1. The molecule has 1 atom stereocenters. The number of aromatic nitrogens is 1. The molecule has 7 heteroatoms. The van der Waals surface area contributed by atoms with E-state index in [4.69, 9.17) is 0 Å². The van der Waals surface area contributed by atoms with Gasteiger partial charge in [-0.2, -0.15) is 0 Å². The number of anilines is 2. The molecule has 1 aromatic carbocycles. The first-order valence-corrected chi connectivity index (χ1v) is 10.4. The Bertz CT molecular complexity index is 890. The Morgan fingerprint density at radius 2 is 1.88 bits per heavy atom. The monoisotopic (exact) mass is 361 g/mol. The molecule has 1 amide bonds. The smallest absolute Gasteiger partial charge is 0.242 e. The van der Waals surface area contributed by atoms with Gasteiger partial charge >= 0.3 is 0 Å². The van der Waals surface area contributed by atoms with E-state index < -0.39 is 21.0 Å². The van der Waals surface area contributed by atoms with Crippen LogP contribution in [-0.2, 0) is 14.6 Å². The number of nitrogens with zero attached hydrogens (tertiary/aromatic N) is 2. The van der Waals surface area contributed by atoms with Crippen molar-refractivity contribution in [2.45, 2.75) is 31.4 Å². The van der Waals surface area contributed by atoms with Gasteiger partial charge in [0, 0.05) is 48.2 Å². The van der Waals surface area contributed by atoms with E-state index in [9.17, 15) is 13.2 Å². The first-order chi connectivity index (χ1) is 11.9. The zero-order chi connectivity index (χ0) is 18.0. The molecule has 0 saturated carbocycles.